The third-order valence-corrected chi connectivity index (χ3v) is 2.99. The smallest absolute Gasteiger partial charge is 0.267 e. The van der Waals surface area contributed by atoms with E-state index >= 15 is 0 Å². The lowest BCUT2D eigenvalue weighted by molar-refractivity contribution is 0.0119. The van der Waals surface area contributed by atoms with Crippen molar-refractivity contribution in [2.24, 2.45) is 5.73 Å². The second-order valence-electron chi connectivity index (χ2n) is 4.31. The van der Waals surface area contributed by atoms with Crippen LogP contribution in [0.5, 0.6) is 0 Å². The van der Waals surface area contributed by atoms with Gasteiger partial charge in [0.2, 0.25) is 0 Å². The Hall–Kier alpha value is -1.56. The predicted molar refractivity (Wildman–Crippen MR) is 59.8 cm³/mol. The number of benzene rings is 1. The van der Waals surface area contributed by atoms with Crippen LogP contribution in [0, 0.1) is 5.82 Å². The lowest BCUT2D eigenvalue weighted by Gasteiger charge is -2.18. The first-order chi connectivity index (χ1) is 8.44. The first kappa shape index (κ1) is 12.9. The number of amides is 1. The summed E-state index contributed by atoms with van der Waals surface area (Å²) in [6, 6.07) is 4.08. The zero-order valence-corrected chi connectivity index (χ0v) is 9.63. The van der Waals surface area contributed by atoms with Gasteiger partial charge in [0.15, 0.2) is 0 Å². The van der Waals surface area contributed by atoms with Crippen molar-refractivity contribution >= 4 is 5.91 Å². The Bertz CT molecular complexity index is 476. The fourth-order valence-corrected chi connectivity index (χ4v) is 2.05. The number of hydrogen-bond donors (Lipinski definition) is 1. The standard InChI is InChI=1S/C12H13F3N2O/c13-9-3-1-2-8(6-16)10(9)11(18)17-5-4-12(14,15)7-17/h1-3H,4-7,16H2. The Morgan fingerprint density at radius 3 is 2.72 bits per heavy atom. The van der Waals surface area contributed by atoms with Crippen LogP contribution in [-0.4, -0.2) is 29.8 Å². The molecular weight excluding hydrogens is 245 g/mol. The first-order valence-corrected chi connectivity index (χ1v) is 5.59. The fourth-order valence-electron chi connectivity index (χ4n) is 2.05. The molecule has 98 valence electrons. The highest BCUT2D eigenvalue weighted by molar-refractivity contribution is 5.96. The van der Waals surface area contributed by atoms with E-state index in [1.807, 2.05) is 0 Å². The van der Waals surface area contributed by atoms with Gasteiger partial charge in [0.05, 0.1) is 12.1 Å². The van der Waals surface area contributed by atoms with Gasteiger partial charge in [-0.1, -0.05) is 12.1 Å². The minimum absolute atomic E-state index is 0.0108. The molecule has 2 rings (SSSR count). The molecular formula is C12H13F3N2O. The second kappa shape index (κ2) is 4.61. The molecule has 0 saturated carbocycles. The molecule has 0 radical (unpaired) electrons. The highest BCUT2D eigenvalue weighted by Crippen LogP contribution is 2.28. The number of halogens is 3. The van der Waals surface area contributed by atoms with Crippen molar-refractivity contribution in [3.63, 3.8) is 0 Å². The molecule has 0 unspecified atom stereocenters. The molecule has 1 aliphatic rings. The number of rotatable bonds is 2. The Balaban J connectivity index is 2.30. The van der Waals surface area contributed by atoms with Crippen LogP contribution in [0.25, 0.3) is 0 Å². The zero-order valence-electron chi connectivity index (χ0n) is 9.63. The van der Waals surface area contributed by atoms with Crippen molar-refractivity contribution in [2.75, 3.05) is 13.1 Å². The molecule has 0 bridgehead atoms. The van der Waals surface area contributed by atoms with Crippen LogP contribution < -0.4 is 5.73 Å². The van der Waals surface area contributed by atoms with Crippen LogP contribution in [0.4, 0.5) is 13.2 Å². The molecule has 1 amide bonds. The van der Waals surface area contributed by atoms with Gasteiger partial charge in [-0.25, -0.2) is 13.2 Å². The largest absolute Gasteiger partial charge is 0.332 e. The van der Waals surface area contributed by atoms with Crippen molar-refractivity contribution in [3.8, 4) is 0 Å². The molecule has 1 aromatic rings. The van der Waals surface area contributed by atoms with E-state index in [9.17, 15) is 18.0 Å². The third kappa shape index (κ3) is 2.33. The molecule has 18 heavy (non-hydrogen) atoms. The van der Waals surface area contributed by atoms with Crippen LogP contribution in [0.15, 0.2) is 18.2 Å². The summed E-state index contributed by atoms with van der Waals surface area (Å²) >= 11 is 0. The number of carbonyl (C=O) groups excluding carboxylic acids is 1. The average Bonchev–Trinajstić information content (AvgIpc) is 2.68. The quantitative estimate of drug-likeness (QED) is 0.878. The van der Waals surface area contributed by atoms with E-state index in [-0.39, 0.29) is 25.1 Å². The molecule has 0 spiro atoms. The van der Waals surface area contributed by atoms with Crippen LogP contribution in [0.2, 0.25) is 0 Å². The average molecular weight is 258 g/mol. The normalized spacial score (nSPS) is 18.1. The second-order valence-corrected chi connectivity index (χ2v) is 4.31. The van der Waals surface area contributed by atoms with Gasteiger partial charge >= 0.3 is 0 Å². The zero-order chi connectivity index (χ0) is 13.3. The van der Waals surface area contributed by atoms with Gasteiger partial charge in [-0.05, 0) is 11.6 Å². The van der Waals surface area contributed by atoms with Gasteiger partial charge in [0, 0.05) is 19.5 Å². The minimum atomic E-state index is -2.89. The van der Waals surface area contributed by atoms with Crippen molar-refractivity contribution in [3.05, 3.63) is 35.1 Å². The molecule has 0 aromatic heterocycles. The number of alkyl halides is 2. The Labute approximate surface area is 102 Å². The van der Waals surface area contributed by atoms with Gasteiger partial charge in [-0.15, -0.1) is 0 Å². The van der Waals surface area contributed by atoms with Gasteiger partial charge in [-0.3, -0.25) is 4.79 Å². The molecule has 1 aromatic carbocycles. The summed E-state index contributed by atoms with van der Waals surface area (Å²) in [6.45, 7) is -0.739. The lowest BCUT2D eigenvalue weighted by Crippen LogP contribution is -2.32. The Kier molecular flexibility index (Phi) is 3.30. The molecule has 0 aliphatic carbocycles. The number of carbonyl (C=O) groups is 1. The number of nitrogens with two attached hydrogens (primary N) is 1. The number of likely N-dealkylation sites (tertiary alicyclic amines) is 1. The van der Waals surface area contributed by atoms with Gasteiger partial charge < -0.3 is 10.6 Å². The summed E-state index contributed by atoms with van der Waals surface area (Å²) in [5.74, 6) is -4.33. The van der Waals surface area contributed by atoms with E-state index in [0.717, 1.165) is 11.0 Å². The number of hydrogen-bond acceptors (Lipinski definition) is 2. The summed E-state index contributed by atoms with van der Waals surface area (Å²) in [6.07, 6.45) is -0.384. The van der Waals surface area contributed by atoms with Gasteiger partial charge in [0.1, 0.15) is 5.82 Å². The molecule has 1 fully saturated rings. The van der Waals surface area contributed by atoms with Gasteiger partial charge in [0.25, 0.3) is 11.8 Å². The summed E-state index contributed by atoms with van der Waals surface area (Å²) in [5, 5.41) is 0. The summed E-state index contributed by atoms with van der Waals surface area (Å²) < 4.78 is 39.7. The summed E-state index contributed by atoms with van der Waals surface area (Å²) in [5.41, 5.74) is 5.56. The maximum atomic E-state index is 13.6. The Morgan fingerprint density at radius 1 is 1.44 bits per heavy atom. The van der Waals surface area contributed by atoms with Crippen molar-refractivity contribution in [1.29, 1.82) is 0 Å². The number of nitrogens with zero attached hydrogens (tertiary/aromatic N) is 1. The van der Waals surface area contributed by atoms with E-state index < -0.39 is 24.2 Å². The monoisotopic (exact) mass is 258 g/mol. The maximum Gasteiger partial charge on any atom is 0.267 e. The van der Waals surface area contributed by atoms with Crippen molar-refractivity contribution in [1.82, 2.24) is 4.90 Å². The summed E-state index contributed by atoms with van der Waals surface area (Å²) in [4.78, 5) is 13.0. The van der Waals surface area contributed by atoms with Gasteiger partial charge in [-0.2, -0.15) is 0 Å². The van der Waals surface area contributed by atoms with E-state index in [1.165, 1.54) is 12.1 Å². The highest BCUT2D eigenvalue weighted by atomic mass is 19.3. The Morgan fingerprint density at radius 2 is 2.17 bits per heavy atom. The first-order valence-electron chi connectivity index (χ1n) is 5.59. The van der Waals surface area contributed by atoms with Crippen molar-refractivity contribution < 1.29 is 18.0 Å². The summed E-state index contributed by atoms with van der Waals surface area (Å²) in [7, 11) is 0. The van der Waals surface area contributed by atoms with E-state index in [2.05, 4.69) is 0 Å². The maximum absolute atomic E-state index is 13.6. The molecule has 6 heteroatoms. The minimum Gasteiger partial charge on any atom is -0.332 e. The van der Waals surface area contributed by atoms with Crippen LogP contribution in [0.3, 0.4) is 0 Å². The molecule has 1 saturated heterocycles. The molecule has 3 nitrogen and oxygen atoms in total. The van der Waals surface area contributed by atoms with E-state index in [4.69, 9.17) is 5.73 Å². The van der Waals surface area contributed by atoms with E-state index in [0.29, 0.717) is 5.56 Å². The third-order valence-electron chi connectivity index (χ3n) is 2.99. The molecule has 1 heterocycles. The van der Waals surface area contributed by atoms with Crippen LogP contribution >= 0.6 is 0 Å². The highest BCUT2D eigenvalue weighted by Gasteiger charge is 2.41. The lowest BCUT2D eigenvalue weighted by atomic mass is 10.1. The topological polar surface area (TPSA) is 46.3 Å². The van der Waals surface area contributed by atoms with Crippen molar-refractivity contribution in [2.45, 2.75) is 18.9 Å². The SMILES string of the molecule is NCc1cccc(F)c1C(=O)N1CCC(F)(F)C1. The molecule has 2 N–H and O–H groups in total. The van der Waals surface area contributed by atoms with E-state index in [1.54, 1.807) is 0 Å². The van der Waals surface area contributed by atoms with Crippen LogP contribution in [0.1, 0.15) is 22.3 Å². The molecule has 1 aliphatic heterocycles. The predicted octanol–water partition coefficient (Wildman–Crippen LogP) is 1.77. The van der Waals surface area contributed by atoms with Crippen LogP contribution in [-0.2, 0) is 6.54 Å². The fraction of sp³-hybridized carbons (Fsp3) is 0.417. The molecule has 0 atom stereocenters.